The number of nitrogens with one attached hydrogen (secondary N) is 1. The number of pyridine rings is 1. The SMILES string of the molecule is Cc1cc2[nH]nnc2c(-c2ncc3c(N4CCC[C@@](C)(O)C4)nc(OCC45CCCN4CCC5)nc3c2F)c1C. The molecule has 3 aromatic heterocycles. The van der Waals surface area contributed by atoms with E-state index in [9.17, 15) is 5.11 Å². The molecule has 11 heteroatoms. The lowest BCUT2D eigenvalue weighted by Crippen LogP contribution is -2.46. The summed E-state index contributed by atoms with van der Waals surface area (Å²) in [5.41, 5.74) is 3.21. The third-order valence-electron chi connectivity index (χ3n) is 9.28. The van der Waals surface area contributed by atoms with E-state index in [1.807, 2.05) is 31.7 Å². The molecule has 3 saturated heterocycles. The number of anilines is 1. The van der Waals surface area contributed by atoms with Crippen molar-refractivity contribution >= 4 is 27.8 Å². The number of rotatable bonds is 5. The summed E-state index contributed by atoms with van der Waals surface area (Å²) < 4.78 is 22.9. The van der Waals surface area contributed by atoms with Crippen LogP contribution in [0.2, 0.25) is 0 Å². The van der Waals surface area contributed by atoms with Gasteiger partial charge in [-0.2, -0.15) is 9.97 Å². The van der Waals surface area contributed by atoms with Crippen LogP contribution < -0.4 is 9.64 Å². The minimum atomic E-state index is -0.868. The van der Waals surface area contributed by atoms with E-state index < -0.39 is 11.4 Å². The van der Waals surface area contributed by atoms with Crippen molar-refractivity contribution in [3.05, 3.63) is 29.2 Å². The molecule has 3 aliphatic rings. The van der Waals surface area contributed by atoms with Crippen LogP contribution in [0.1, 0.15) is 56.6 Å². The number of hydrogen-bond acceptors (Lipinski definition) is 9. The first-order chi connectivity index (χ1) is 19.2. The summed E-state index contributed by atoms with van der Waals surface area (Å²) in [4.78, 5) is 18.6. The number of hydrogen-bond donors (Lipinski definition) is 2. The average Bonchev–Trinajstić information content (AvgIpc) is 3.64. The number of H-pyrrole nitrogens is 1. The number of aromatic nitrogens is 6. The molecule has 3 aliphatic heterocycles. The molecule has 2 N–H and O–H groups in total. The summed E-state index contributed by atoms with van der Waals surface area (Å²) in [6.07, 6.45) is 7.63. The molecule has 3 fully saturated rings. The maximum absolute atomic E-state index is 16.6. The highest BCUT2D eigenvalue weighted by atomic mass is 19.1. The van der Waals surface area contributed by atoms with E-state index in [0.29, 0.717) is 48.4 Å². The van der Waals surface area contributed by atoms with Gasteiger partial charge in [-0.1, -0.05) is 5.21 Å². The molecule has 40 heavy (non-hydrogen) atoms. The fourth-order valence-electron chi connectivity index (χ4n) is 7.07. The van der Waals surface area contributed by atoms with E-state index in [1.54, 1.807) is 6.20 Å². The van der Waals surface area contributed by atoms with E-state index in [4.69, 9.17) is 9.72 Å². The molecule has 0 unspecified atom stereocenters. The third kappa shape index (κ3) is 4.09. The molecule has 4 aromatic rings. The van der Waals surface area contributed by atoms with Crippen molar-refractivity contribution in [2.45, 2.75) is 70.4 Å². The second-order valence-electron chi connectivity index (χ2n) is 12.1. The molecular formula is C29H35FN8O2. The first-order valence-corrected chi connectivity index (χ1v) is 14.3. The van der Waals surface area contributed by atoms with E-state index in [2.05, 4.69) is 30.3 Å². The maximum Gasteiger partial charge on any atom is 0.319 e. The number of nitrogens with zero attached hydrogens (tertiary/aromatic N) is 7. The Bertz CT molecular complexity index is 1610. The number of aromatic amines is 1. The van der Waals surface area contributed by atoms with Crippen LogP contribution in [0.3, 0.4) is 0 Å². The Kier molecular flexibility index (Phi) is 5.94. The van der Waals surface area contributed by atoms with E-state index in [1.165, 1.54) is 0 Å². The summed E-state index contributed by atoms with van der Waals surface area (Å²) in [5.74, 6) is -0.00744. The highest BCUT2D eigenvalue weighted by Crippen LogP contribution is 2.40. The van der Waals surface area contributed by atoms with Crippen molar-refractivity contribution < 1.29 is 14.2 Å². The number of fused-ring (bicyclic) bond motifs is 3. The van der Waals surface area contributed by atoms with Gasteiger partial charge in [-0.05, 0) is 89.6 Å². The molecule has 0 aliphatic carbocycles. The molecule has 1 aromatic carbocycles. The molecule has 0 spiro atoms. The molecular weight excluding hydrogens is 511 g/mol. The van der Waals surface area contributed by atoms with Gasteiger partial charge >= 0.3 is 6.01 Å². The Balaban J connectivity index is 1.37. The van der Waals surface area contributed by atoms with Gasteiger partial charge in [-0.25, -0.2) is 4.39 Å². The Morgan fingerprint density at radius 2 is 1.85 bits per heavy atom. The Hall–Kier alpha value is -3.44. The van der Waals surface area contributed by atoms with E-state index in [-0.39, 0.29) is 22.8 Å². The van der Waals surface area contributed by atoms with Crippen LogP contribution in [0.5, 0.6) is 6.01 Å². The number of aryl methyl sites for hydroxylation is 1. The number of piperidine rings is 1. The van der Waals surface area contributed by atoms with Crippen molar-refractivity contribution in [1.29, 1.82) is 0 Å². The van der Waals surface area contributed by atoms with Gasteiger partial charge in [0.2, 0.25) is 0 Å². The van der Waals surface area contributed by atoms with Crippen LogP contribution in [0.25, 0.3) is 33.2 Å². The molecule has 0 saturated carbocycles. The van der Waals surface area contributed by atoms with Crippen LogP contribution in [0.15, 0.2) is 12.3 Å². The molecule has 10 nitrogen and oxygen atoms in total. The molecule has 210 valence electrons. The van der Waals surface area contributed by atoms with Gasteiger partial charge in [-0.15, -0.1) is 5.10 Å². The minimum Gasteiger partial charge on any atom is -0.461 e. The predicted molar refractivity (Wildman–Crippen MR) is 150 cm³/mol. The Labute approximate surface area is 232 Å². The van der Waals surface area contributed by atoms with Gasteiger partial charge in [0, 0.05) is 24.8 Å². The fraction of sp³-hybridized carbons (Fsp3) is 0.552. The quantitative estimate of drug-likeness (QED) is 0.382. The van der Waals surface area contributed by atoms with Gasteiger partial charge < -0.3 is 14.7 Å². The molecule has 0 amide bonds. The summed E-state index contributed by atoms with van der Waals surface area (Å²) in [5, 5.41) is 22.4. The maximum atomic E-state index is 16.6. The lowest BCUT2D eigenvalue weighted by molar-refractivity contribution is 0.0447. The Morgan fingerprint density at radius 1 is 1.07 bits per heavy atom. The largest absolute Gasteiger partial charge is 0.461 e. The predicted octanol–water partition coefficient (Wildman–Crippen LogP) is 4.08. The summed E-state index contributed by atoms with van der Waals surface area (Å²) in [7, 11) is 0. The summed E-state index contributed by atoms with van der Waals surface area (Å²) in [6.45, 7) is 9.48. The van der Waals surface area contributed by atoms with Crippen molar-refractivity contribution in [3.63, 3.8) is 0 Å². The molecule has 7 rings (SSSR count). The van der Waals surface area contributed by atoms with Crippen LogP contribution in [0.4, 0.5) is 10.2 Å². The normalized spacial score (nSPS) is 22.9. The van der Waals surface area contributed by atoms with Gasteiger partial charge in [0.15, 0.2) is 5.82 Å². The van der Waals surface area contributed by atoms with Gasteiger partial charge in [0.05, 0.1) is 22.0 Å². The molecule has 6 heterocycles. The van der Waals surface area contributed by atoms with Crippen molar-refractivity contribution in [1.82, 2.24) is 35.3 Å². The van der Waals surface area contributed by atoms with E-state index >= 15 is 4.39 Å². The summed E-state index contributed by atoms with van der Waals surface area (Å²) in [6, 6.07) is 2.11. The van der Waals surface area contributed by atoms with Gasteiger partial charge in [0.25, 0.3) is 0 Å². The first-order valence-electron chi connectivity index (χ1n) is 14.3. The second kappa shape index (κ2) is 9.31. The number of halogens is 1. The van der Waals surface area contributed by atoms with Gasteiger partial charge in [-0.3, -0.25) is 15.0 Å². The zero-order chi connectivity index (χ0) is 27.6. The number of ether oxygens (including phenoxy) is 1. The van der Waals surface area contributed by atoms with Crippen LogP contribution in [-0.4, -0.2) is 84.3 Å². The van der Waals surface area contributed by atoms with Crippen molar-refractivity contribution in [2.75, 3.05) is 37.7 Å². The highest BCUT2D eigenvalue weighted by molar-refractivity contribution is 5.97. The second-order valence-corrected chi connectivity index (χ2v) is 12.1. The topological polar surface area (TPSA) is 116 Å². The Morgan fingerprint density at radius 3 is 2.62 bits per heavy atom. The smallest absolute Gasteiger partial charge is 0.319 e. The van der Waals surface area contributed by atoms with Gasteiger partial charge in [0.1, 0.15) is 29.2 Å². The third-order valence-corrected chi connectivity index (χ3v) is 9.28. The molecule has 1 atom stereocenters. The number of β-amino-alcohol motifs (C(OH)–C–C–N with tert-alkyl or cyclic N) is 1. The van der Waals surface area contributed by atoms with Crippen LogP contribution in [-0.2, 0) is 0 Å². The van der Waals surface area contributed by atoms with Crippen LogP contribution >= 0.6 is 0 Å². The minimum absolute atomic E-state index is 0.00641. The number of benzene rings is 1. The standard InChI is InChI=1S/C29H35FN8O2/c1-17-13-20-24(35-36-34-20)21(18(17)2)25-22(30)23-19(14-31-25)26(37-10-4-7-28(3,39)15-37)33-27(32-23)40-16-29-8-5-11-38(29)12-6-9-29/h13-14,39H,4-12,15-16H2,1-3H3,(H,34,35,36)/t28-/m1/s1. The average molecular weight is 547 g/mol. The van der Waals surface area contributed by atoms with Crippen LogP contribution in [0, 0.1) is 19.7 Å². The first kappa shape index (κ1) is 25.5. The monoisotopic (exact) mass is 546 g/mol. The zero-order valence-electron chi connectivity index (χ0n) is 23.3. The lowest BCUT2D eigenvalue weighted by Gasteiger charge is -2.38. The zero-order valence-corrected chi connectivity index (χ0v) is 23.3. The van der Waals surface area contributed by atoms with Crippen molar-refractivity contribution in [3.8, 4) is 17.3 Å². The fourth-order valence-corrected chi connectivity index (χ4v) is 7.07. The lowest BCUT2D eigenvalue weighted by atomic mass is 9.95. The highest BCUT2D eigenvalue weighted by Gasteiger charge is 2.45. The molecule has 0 bridgehead atoms. The number of aliphatic hydroxyl groups is 1. The van der Waals surface area contributed by atoms with E-state index in [0.717, 1.165) is 61.8 Å². The summed E-state index contributed by atoms with van der Waals surface area (Å²) >= 11 is 0. The van der Waals surface area contributed by atoms with Crippen molar-refractivity contribution in [2.24, 2.45) is 0 Å². The molecule has 0 radical (unpaired) electrons.